The molecule has 0 saturated heterocycles. The van der Waals surface area contributed by atoms with Gasteiger partial charge in [0.1, 0.15) is 5.75 Å². The molecule has 102 valence electrons. The van der Waals surface area contributed by atoms with Gasteiger partial charge in [-0.05, 0) is 38.1 Å². The van der Waals surface area contributed by atoms with Crippen LogP contribution in [0.3, 0.4) is 0 Å². The van der Waals surface area contributed by atoms with Crippen molar-refractivity contribution in [2.75, 3.05) is 0 Å². The molecule has 0 atom stereocenters. The number of nitriles is 1. The van der Waals surface area contributed by atoms with Crippen molar-refractivity contribution in [2.45, 2.75) is 20.0 Å². The predicted octanol–water partition coefficient (Wildman–Crippen LogP) is 4.29. The first-order chi connectivity index (χ1) is 9.52. The van der Waals surface area contributed by atoms with Gasteiger partial charge >= 0.3 is 0 Å². The van der Waals surface area contributed by atoms with Gasteiger partial charge in [0.05, 0.1) is 17.7 Å². The van der Waals surface area contributed by atoms with Crippen molar-refractivity contribution in [2.24, 2.45) is 0 Å². The lowest BCUT2D eigenvalue weighted by atomic mass is 10.0. The van der Waals surface area contributed by atoms with Gasteiger partial charge in [-0.1, -0.05) is 12.1 Å². The van der Waals surface area contributed by atoms with E-state index in [9.17, 15) is 8.78 Å². The Labute approximate surface area is 116 Å². The quantitative estimate of drug-likeness (QED) is 0.835. The van der Waals surface area contributed by atoms with E-state index in [2.05, 4.69) is 0 Å². The third kappa shape index (κ3) is 2.77. The van der Waals surface area contributed by atoms with Crippen molar-refractivity contribution in [3.63, 3.8) is 0 Å². The van der Waals surface area contributed by atoms with Gasteiger partial charge < -0.3 is 4.74 Å². The van der Waals surface area contributed by atoms with Crippen LogP contribution in [0.15, 0.2) is 36.4 Å². The molecule has 2 nitrogen and oxygen atoms in total. The standard InChI is InChI=1S/C16H13F2NO/c1-10(2)20-15-7-6-11(9-19)8-13(15)12-4-3-5-14(17)16(12)18/h3-8,10H,1-2H3. The summed E-state index contributed by atoms with van der Waals surface area (Å²) in [7, 11) is 0. The largest absolute Gasteiger partial charge is 0.490 e. The van der Waals surface area contributed by atoms with Crippen molar-refractivity contribution in [1.29, 1.82) is 5.26 Å². The van der Waals surface area contributed by atoms with Crippen molar-refractivity contribution in [3.8, 4) is 22.9 Å². The van der Waals surface area contributed by atoms with Gasteiger partial charge in [-0.2, -0.15) is 5.26 Å². The highest BCUT2D eigenvalue weighted by molar-refractivity contribution is 5.72. The van der Waals surface area contributed by atoms with Crippen molar-refractivity contribution >= 4 is 0 Å². The molecule has 0 aliphatic carbocycles. The van der Waals surface area contributed by atoms with Gasteiger partial charge in [-0.15, -0.1) is 0 Å². The minimum Gasteiger partial charge on any atom is -0.490 e. The zero-order valence-corrected chi connectivity index (χ0v) is 11.2. The molecule has 0 aliphatic rings. The molecule has 0 radical (unpaired) electrons. The summed E-state index contributed by atoms with van der Waals surface area (Å²) in [6, 6.07) is 10.6. The number of hydrogen-bond acceptors (Lipinski definition) is 2. The SMILES string of the molecule is CC(C)Oc1ccc(C#N)cc1-c1cccc(F)c1F. The topological polar surface area (TPSA) is 33.0 Å². The van der Waals surface area contributed by atoms with Crippen molar-refractivity contribution in [3.05, 3.63) is 53.6 Å². The second-order valence-corrected chi connectivity index (χ2v) is 4.59. The molecule has 2 aromatic carbocycles. The highest BCUT2D eigenvalue weighted by atomic mass is 19.2. The number of hydrogen-bond donors (Lipinski definition) is 0. The van der Waals surface area contributed by atoms with Gasteiger partial charge in [0.25, 0.3) is 0 Å². The van der Waals surface area contributed by atoms with E-state index in [4.69, 9.17) is 10.00 Å². The van der Waals surface area contributed by atoms with Crippen LogP contribution in [0.4, 0.5) is 8.78 Å². The van der Waals surface area contributed by atoms with Crippen LogP contribution in [0.25, 0.3) is 11.1 Å². The van der Waals surface area contributed by atoms with Crippen LogP contribution in [0.2, 0.25) is 0 Å². The Kier molecular flexibility index (Phi) is 3.99. The Morgan fingerprint density at radius 1 is 1.10 bits per heavy atom. The average Bonchev–Trinajstić information content (AvgIpc) is 2.42. The lowest BCUT2D eigenvalue weighted by molar-refractivity contribution is 0.243. The fourth-order valence-corrected chi connectivity index (χ4v) is 1.88. The Hall–Kier alpha value is -2.41. The molecule has 0 unspecified atom stereocenters. The van der Waals surface area contributed by atoms with E-state index in [1.165, 1.54) is 18.2 Å². The molecule has 20 heavy (non-hydrogen) atoms. The van der Waals surface area contributed by atoms with Gasteiger partial charge in [-0.25, -0.2) is 8.78 Å². The molecular weight excluding hydrogens is 260 g/mol. The molecule has 0 N–H and O–H groups in total. The Bertz CT molecular complexity index is 675. The normalized spacial score (nSPS) is 10.4. The molecule has 2 aromatic rings. The molecular formula is C16H13F2NO. The third-order valence-electron chi connectivity index (χ3n) is 2.71. The van der Waals surface area contributed by atoms with Gasteiger partial charge in [0.2, 0.25) is 0 Å². The van der Waals surface area contributed by atoms with Gasteiger partial charge in [0, 0.05) is 11.1 Å². The number of ether oxygens (including phenoxy) is 1. The molecule has 0 saturated carbocycles. The zero-order chi connectivity index (χ0) is 14.7. The highest BCUT2D eigenvalue weighted by Gasteiger charge is 2.15. The lowest BCUT2D eigenvalue weighted by Gasteiger charge is -2.15. The smallest absolute Gasteiger partial charge is 0.166 e. The van der Waals surface area contributed by atoms with E-state index >= 15 is 0 Å². The molecule has 0 amide bonds. The molecule has 0 heterocycles. The van der Waals surface area contributed by atoms with Crippen LogP contribution in [-0.4, -0.2) is 6.10 Å². The number of nitrogens with zero attached hydrogens (tertiary/aromatic N) is 1. The molecule has 0 spiro atoms. The van der Waals surface area contributed by atoms with Gasteiger partial charge in [0.15, 0.2) is 11.6 Å². The minimum atomic E-state index is -0.948. The summed E-state index contributed by atoms with van der Waals surface area (Å²) in [6.07, 6.45) is -0.113. The molecule has 0 fully saturated rings. The van der Waals surface area contributed by atoms with Crippen LogP contribution in [0.5, 0.6) is 5.75 Å². The van der Waals surface area contributed by atoms with E-state index in [0.717, 1.165) is 6.07 Å². The second kappa shape index (κ2) is 5.70. The van der Waals surface area contributed by atoms with E-state index in [1.807, 2.05) is 19.9 Å². The Morgan fingerprint density at radius 3 is 2.50 bits per heavy atom. The van der Waals surface area contributed by atoms with E-state index in [-0.39, 0.29) is 11.7 Å². The molecule has 0 aromatic heterocycles. The zero-order valence-electron chi connectivity index (χ0n) is 11.2. The summed E-state index contributed by atoms with van der Waals surface area (Å²) in [5, 5.41) is 8.95. The van der Waals surface area contributed by atoms with Crippen molar-refractivity contribution in [1.82, 2.24) is 0 Å². The average molecular weight is 273 g/mol. The molecule has 0 aliphatic heterocycles. The summed E-state index contributed by atoms with van der Waals surface area (Å²) in [5.74, 6) is -1.46. The van der Waals surface area contributed by atoms with E-state index in [0.29, 0.717) is 16.9 Å². The number of rotatable bonds is 3. The minimum absolute atomic E-state index is 0.0813. The Morgan fingerprint density at radius 2 is 1.85 bits per heavy atom. The van der Waals surface area contributed by atoms with E-state index < -0.39 is 11.6 Å². The summed E-state index contributed by atoms with van der Waals surface area (Å²) >= 11 is 0. The fourth-order valence-electron chi connectivity index (χ4n) is 1.88. The summed E-state index contributed by atoms with van der Waals surface area (Å²) in [4.78, 5) is 0. The maximum atomic E-state index is 13.9. The number of halogens is 2. The molecule has 2 rings (SSSR count). The van der Waals surface area contributed by atoms with Crippen LogP contribution < -0.4 is 4.74 Å². The van der Waals surface area contributed by atoms with Crippen LogP contribution in [0, 0.1) is 23.0 Å². The van der Waals surface area contributed by atoms with Gasteiger partial charge in [-0.3, -0.25) is 0 Å². The number of benzene rings is 2. The summed E-state index contributed by atoms with van der Waals surface area (Å²) < 4.78 is 32.9. The van der Waals surface area contributed by atoms with Crippen molar-refractivity contribution < 1.29 is 13.5 Å². The molecule has 4 heteroatoms. The van der Waals surface area contributed by atoms with Crippen LogP contribution in [-0.2, 0) is 0 Å². The third-order valence-corrected chi connectivity index (χ3v) is 2.71. The Balaban J connectivity index is 2.64. The first kappa shape index (κ1) is 14.0. The first-order valence-corrected chi connectivity index (χ1v) is 6.18. The summed E-state index contributed by atoms with van der Waals surface area (Å²) in [5.41, 5.74) is 0.812. The maximum Gasteiger partial charge on any atom is 0.166 e. The first-order valence-electron chi connectivity index (χ1n) is 6.18. The summed E-state index contributed by atoms with van der Waals surface area (Å²) in [6.45, 7) is 3.67. The fraction of sp³-hybridized carbons (Fsp3) is 0.188. The maximum absolute atomic E-state index is 13.9. The lowest BCUT2D eigenvalue weighted by Crippen LogP contribution is -2.07. The predicted molar refractivity (Wildman–Crippen MR) is 72.3 cm³/mol. The monoisotopic (exact) mass is 273 g/mol. The second-order valence-electron chi connectivity index (χ2n) is 4.59. The highest BCUT2D eigenvalue weighted by Crippen LogP contribution is 2.34. The van der Waals surface area contributed by atoms with Crippen LogP contribution >= 0.6 is 0 Å². The van der Waals surface area contributed by atoms with E-state index in [1.54, 1.807) is 12.1 Å². The molecule has 0 bridgehead atoms. The van der Waals surface area contributed by atoms with Crippen LogP contribution in [0.1, 0.15) is 19.4 Å².